The van der Waals surface area contributed by atoms with E-state index in [1.165, 1.54) is 17.2 Å². The summed E-state index contributed by atoms with van der Waals surface area (Å²) in [6.45, 7) is -0.432. The summed E-state index contributed by atoms with van der Waals surface area (Å²) >= 11 is 0. The molecule has 5 rings (SSSR count). The van der Waals surface area contributed by atoms with Crippen molar-refractivity contribution in [2.75, 3.05) is 25.6 Å². The lowest BCUT2D eigenvalue weighted by atomic mass is 10.1. The summed E-state index contributed by atoms with van der Waals surface area (Å²) < 4.78 is 6.81. The molecule has 0 aliphatic carbocycles. The molecule has 1 aliphatic rings. The van der Waals surface area contributed by atoms with Crippen LogP contribution in [0.15, 0.2) is 30.0 Å². The number of aromatic amines is 2. The van der Waals surface area contributed by atoms with Gasteiger partial charge in [0.2, 0.25) is 5.95 Å². The van der Waals surface area contributed by atoms with E-state index in [4.69, 9.17) is 9.84 Å². The molecule has 0 saturated carbocycles. The fourth-order valence-corrected chi connectivity index (χ4v) is 3.11. The van der Waals surface area contributed by atoms with Crippen LogP contribution in [-0.4, -0.2) is 93.8 Å². The predicted octanol–water partition coefficient (Wildman–Crippen LogP) is -1.85. The third kappa shape index (κ3) is 3.84. The summed E-state index contributed by atoms with van der Waals surface area (Å²) in [6.07, 6.45) is 1.68. The molecular formula is C17H21N9O5. The van der Waals surface area contributed by atoms with E-state index in [9.17, 15) is 15.0 Å². The number of aliphatic hydroxyl groups is 3. The molecule has 4 aromatic heterocycles. The molecular weight excluding hydrogens is 410 g/mol. The minimum atomic E-state index is -1.27. The number of anilines is 1. The number of nitrogens with zero attached hydrogens (tertiary/aromatic N) is 7. The summed E-state index contributed by atoms with van der Waals surface area (Å²) in [7, 11) is 3.44. The van der Waals surface area contributed by atoms with Crippen LogP contribution in [-0.2, 0) is 4.74 Å². The number of H-pyrrole nitrogens is 2. The van der Waals surface area contributed by atoms with E-state index in [-0.39, 0.29) is 11.2 Å². The van der Waals surface area contributed by atoms with Gasteiger partial charge in [0.15, 0.2) is 23.0 Å². The minimum absolute atomic E-state index is 0.100. The number of aliphatic hydroxyl groups excluding tert-OH is 3. The molecule has 0 radical (unpaired) electrons. The van der Waals surface area contributed by atoms with Crippen molar-refractivity contribution in [2.45, 2.75) is 24.5 Å². The number of hydrogen-bond donors (Lipinski definition) is 5. The molecule has 5 heterocycles. The molecule has 0 spiro atoms. The van der Waals surface area contributed by atoms with Gasteiger partial charge in [-0.05, 0) is 0 Å². The number of hydrogen-bond acceptors (Lipinski definition) is 11. The topological polar surface area (TPSA) is 191 Å². The number of ether oxygens (including phenoxy) is 1. The molecule has 4 aromatic rings. The second kappa shape index (κ2) is 8.35. The summed E-state index contributed by atoms with van der Waals surface area (Å²) in [4.78, 5) is 39.0. The monoisotopic (exact) mass is 431 g/mol. The van der Waals surface area contributed by atoms with Crippen LogP contribution in [0, 0.1) is 0 Å². The van der Waals surface area contributed by atoms with Gasteiger partial charge in [0.05, 0.1) is 25.5 Å². The van der Waals surface area contributed by atoms with Crippen molar-refractivity contribution in [3.63, 3.8) is 0 Å². The van der Waals surface area contributed by atoms with Gasteiger partial charge < -0.3 is 29.9 Å². The summed E-state index contributed by atoms with van der Waals surface area (Å²) in [5.41, 5.74) is 1.49. The van der Waals surface area contributed by atoms with E-state index >= 15 is 0 Å². The molecule has 4 atom stereocenters. The third-order valence-corrected chi connectivity index (χ3v) is 4.73. The van der Waals surface area contributed by atoms with Crippen LogP contribution in [0.3, 0.4) is 0 Å². The SMILES string of the molecule is CN(C)c1nc2c(ncn2[C@@H]2O[C@H](CO)[C@@H](O)[C@H]2O)c(=O)[nH]1.c1ncc2[nH]cnc2n1. The Kier molecular flexibility index (Phi) is 5.60. The standard InChI is InChI=1S/C12H17N5O5.C5H4N4/c1-16(2)12-14-9-6(10(21)15-12)13-4-17(9)11-8(20)7(19)5(3-18)22-11;1-4-5(8-2-6-1)9-3-7-4/h4-5,7-8,11,18-20H,3H2,1-2H3,(H,14,15,21);1-3H,(H,6,7,8,9)/t5-,7-,8-,11-;/m1./s1. The predicted molar refractivity (Wildman–Crippen MR) is 107 cm³/mol. The fourth-order valence-electron chi connectivity index (χ4n) is 3.11. The Labute approximate surface area is 174 Å². The van der Waals surface area contributed by atoms with Gasteiger partial charge in [-0.25, -0.2) is 19.9 Å². The first-order valence-corrected chi connectivity index (χ1v) is 9.26. The highest BCUT2D eigenvalue weighted by Crippen LogP contribution is 2.30. The maximum atomic E-state index is 12.0. The molecule has 14 heteroatoms. The van der Waals surface area contributed by atoms with E-state index in [0.29, 0.717) is 11.6 Å². The molecule has 1 saturated heterocycles. The van der Waals surface area contributed by atoms with Gasteiger partial charge >= 0.3 is 0 Å². The second-order valence-corrected chi connectivity index (χ2v) is 7.00. The van der Waals surface area contributed by atoms with Crippen molar-refractivity contribution in [1.29, 1.82) is 0 Å². The van der Waals surface area contributed by atoms with Crippen molar-refractivity contribution in [3.05, 3.63) is 35.5 Å². The van der Waals surface area contributed by atoms with E-state index in [2.05, 4.69) is 34.9 Å². The zero-order valence-electron chi connectivity index (χ0n) is 16.6. The van der Waals surface area contributed by atoms with Gasteiger partial charge in [-0.1, -0.05) is 0 Å². The highest BCUT2D eigenvalue weighted by molar-refractivity contribution is 5.71. The molecule has 0 bridgehead atoms. The van der Waals surface area contributed by atoms with Crippen LogP contribution in [0.5, 0.6) is 0 Å². The third-order valence-electron chi connectivity index (χ3n) is 4.73. The summed E-state index contributed by atoms with van der Waals surface area (Å²) in [5, 5.41) is 29.1. The van der Waals surface area contributed by atoms with Crippen molar-refractivity contribution in [3.8, 4) is 0 Å². The van der Waals surface area contributed by atoms with Gasteiger partial charge in [0.25, 0.3) is 5.56 Å². The molecule has 1 aliphatic heterocycles. The van der Waals surface area contributed by atoms with Gasteiger partial charge in [-0.3, -0.25) is 14.3 Å². The molecule has 0 aromatic carbocycles. The smallest absolute Gasteiger partial charge is 0.280 e. The number of imidazole rings is 2. The van der Waals surface area contributed by atoms with Crippen LogP contribution in [0.25, 0.3) is 22.3 Å². The molecule has 31 heavy (non-hydrogen) atoms. The second-order valence-electron chi connectivity index (χ2n) is 7.00. The van der Waals surface area contributed by atoms with E-state index in [1.807, 2.05) is 0 Å². The Morgan fingerprint density at radius 3 is 2.71 bits per heavy atom. The van der Waals surface area contributed by atoms with Gasteiger partial charge in [-0.15, -0.1) is 0 Å². The summed E-state index contributed by atoms with van der Waals surface area (Å²) in [6, 6.07) is 0. The summed E-state index contributed by atoms with van der Waals surface area (Å²) in [5.74, 6) is 0.325. The normalized spacial score (nSPS) is 23.1. The Morgan fingerprint density at radius 1 is 1.23 bits per heavy atom. The molecule has 0 unspecified atom stereocenters. The zero-order valence-corrected chi connectivity index (χ0v) is 16.6. The first kappa shape index (κ1) is 20.8. The van der Waals surface area contributed by atoms with Crippen LogP contribution < -0.4 is 10.5 Å². The van der Waals surface area contributed by atoms with E-state index < -0.39 is 36.7 Å². The molecule has 14 nitrogen and oxygen atoms in total. The lowest BCUT2D eigenvalue weighted by Crippen LogP contribution is -2.33. The lowest BCUT2D eigenvalue weighted by Gasteiger charge is -2.17. The lowest BCUT2D eigenvalue weighted by molar-refractivity contribution is -0.0511. The first-order valence-electron chi connectivity index (χ1n) is 9.26. The van der Waals surface area contributed by atoms with Gasteiger partial charge in [0.1, 0.15) is 30.2 Å². The fraction of sp³-hybridized carbons (Fsp3) is 0.412. The van der Waals surface area contributed by atoms with Crippen molar-refractivity contribution >= 4 is 28.3 Å². The Hall–Kier alpha value is -3.46. The molecule has 5 N–H and O–H groups in total. The van der Waals surface area contributed by atoms with Crippen molar-refractivity contribution in [1.82, 2.24) is 39.5 Å². The first-order chi connectivity index (χ1) is 14.9. The molecule has 0 amide bonds. The Bertz CT molecular complexity index is 1210. The largest absolute Gasteiger partial charge is 0.394 e. The average molecular weight is 431 g/mol. The maximum Gasteiger partial charge on any atom is 0.280 e. The molecule has 1 fully saturated rings. The number of nitrogens with one attached hydrogen (secondary N) is 2. The van der Waals surface area contributed by atoms with E-state index in [1.54, 1.807) is 31.5 Å². The van der Waals surface area contributed by atoms with E-state index in [0.717, 1.165) is 5.52 Å². The Morgan fingerprint density at radius 2 is 2.03 bits per heavy atom. The Balaban J connectivity index is 0.000000212. The highest BCUT2D eigenvalue weighted by atomic mass is 16.6. The van der Waals surface area contributed by atoms with Crippen LogP contribution in [0.4, 0.5) is 5.95 Å². The number of aromatic nitrogens is 8. The minimum Gasteiger partial charge on any atom is -0.394 e. The zero-order chi connectivity index (χ0) is 22.1. The maximum absolute atomic E-state index is 12.0. The van der Waals surface area contributed by atoms with Gasteiger partial charge in [-0.2, -0.15) is 4.98 Å². The van der Waals surface area contributed by atoms with Crippen LogP contribution in [0.2, 0.25) is 0 Å². The highest BCUT2D eigenvalue weighted by Gasteiger charge is 2.44. The number of rotatable bonds is 3. The van der Waals surface area contributed by atoms with Gasteiger partial charge in [0, 0.05) is 14.1 Å². The average Bonchev–Trinajstić information content (AvgIpc) is 3.47. The quantitative estimate of drug-likeness (QED) is 0.245. The number of fused-ring (bicyclic) bond motifs is 2. The van der Waals surface area contributed by atoms with Crippen molar-refractivity contribution in [2.24, 2.45) is 0 Å². The van der Waals surface area contributed by atoms with Crippen molar-refractivity contribution < 1.29 is 20.1 Å². The van der Waals surface area contributed by atoms with Crippen LogP contribution >= 0.6 is 0 Å². The molecule has 164 valence electrons. The van der Waals surface area contributed by atoms with Crippen LogP contribution in [0.1, 0.15) is 6.23 Å².